The molecule has 7 heteroatoms. The van der Waals surface area contributed by atoms with Crippen LogP contribution in [0.25, 0.3) is 0 Å². The summed E-state index contributed by atoms with van der Waals surface area (Å²) in [5.74, 6) is -1.14. The lowest BCUT2D eigenvalue weighted by Gasteiger charge is -2.09. The Bertz CT molecular complexity index is 706. The molecule has 0 saturated carbocycles. The summed E-state index contributed by atoms with van der Waals surface area (Å²) in [7, 11) is 0. The van der Waals surface area contributed by atoms with Gasteiger partial charge < -0.3 is 5.11 Å². The second-order valence-electron chi connectivity index (χ2n) is 4.08. The Labute approximate surface area is 134 Å². The molecule has 2 aromatic carbocycles. The van der Waals surface area contributed by atoms with Crippen LogP contribution in [-0.4, -0.2) is 16.9 Å². The Hall–Kier alpha value is -2.05. The van der Waals surface area contributed by atoms with Gasteiger partial charge in [0, 0.05) is 10.0 Å². The van der Waals surface area contributed by atoms with Crippen molar-refractivity contribution >= 4 is 39.3 Å². The summed E-state index contributed by atoms with van der Waals surface area (Å²) < 4.78 is 0.691. The number of phenols is 1. The fourth-order valence-corrected chi connectivity index (χ4v) is 2.14. The molecule has 0 aliphatic carbocycles. The first kappa shape index (κ1) is 15.3. The van der Waals surface area contributed by atoms with E-state index in [4.69, 9.17) is 11.6 Å². The van der Waals surface area contributed by atoms with E-state index in [2.05, 4.69) is 26.8 Å². The maximum absolute atomic E-state index is 11.9. The van der Waals surface area contributed by atoms with Crippen molar-refractivity contribution in [2.24, 2.45) is 0 Å². The van der Waals surface area contributed by atoms with Gasteiger partial charge in [0.1, 0.15) is 5.75 Å². The van der Waals surface area contributed by atoms with Crippen LogP contribution in [0.5, 0.6) is 5.75 Å². The van der Waals surface area contributed by atoms with Crippen LogP contribution < -0.4 is 10.9 Å². The molecule has 2 aromatic rings. The summed E-state index contributed by atoms with van der Waals surface area (Å²) in [6.07, 6.45) is 0. The molecule has 0 aromatic heterocycles. The van der Waals surface area contributed by atoms with E-state index in [1.165, 1.54) is 30.3 Å². The molecule has 0 radical (unpaired) electrons. The zero-order valence-corrected chi connectivity index (χ0v) is 12.9. The highest BCUT2D eigenvalue weighted by atomic mass is 79.9. The molecule has 3 N–H and O–H groups in total. The third-order valence-corrected chi connectivity index (χ3v) is 3.39. The van der Waals surface area contributed by atoms with Crippen LogP contribution in [-0.2, 0) is 0 Å². The molecular weight excluding hydrogens is 360 g/mol. The number of hydrogen-bond acceptors (Lipinski definition) is 3. The first-order valence-corrected chi connectivity index (χ1v) is 6.99. The van der Waals surface area contributed by atoms with E-state index in [0.29, 0.717) is 4.47 Å². The predicted octanol–water partition coefficient (Wildman–Crippen LogP) is 2.88. The normalized spacial score (nSPS) is 10.0. The number of amides is 2. The van der Waals surface area contributed by atoms with Crippen LogP contribution >= 0.6 is 27.5 Å². The second-order valence-corrected chi connectivity index (χ2v) is 5.41. The Kier molecular flexibility index (Phi) is 4.82. The first-order chi connectivity index (χ1) is 9.97. The van der Waals surface area contributed by atoms with Crippen LogP contribution in [0.4, 0.5) is 0 Å². The van der Waals surface area contributed by atoms with Crippen molar-refractivity contribution in [1.29, 1.82) is 0 Å². The van der Waals surface area contributed by atoms with Crippen molar-refractivity contribution in [3.63, 3.8) is 0 Å². The third kappa shape index (κ3) is 3.96. The topological polar surface area (TPSA) is 78.4 Å². The summed E-state index contributed by atoms with van der Waals surface area (Å²) in [6.45, 7) is 0. The van der Waals surface area contributed by atoms with E-state index in [9.17, 15) is 14.7 Å². The van der Waals surface area contributed by atoms with E-state index in [-0.39, 0.29) is 21.9 Å². The van der Waals surface area contributed by atoms with Gasteiger partial charge in [-0.3, -0.25) is 20.4 Å². The third-order valence-electron chi connectivity index (χ3n) is 2.57. The number of nitrogens with one attached hydrogen (secondary N) is 2. The minimum absolute atomic E-state index is 0.0380. The molecule has 2 rings (SSSR count). The molecule has 108 valence electrons. The largest absolute Gasteiger partial charge is 0.508 e. The summed E-state index contributed by atoms with van der Waals surface area (Å²) in [5.41, 5.74) is 4.95. The molecule has 5 nitrogen and oxygen atoms in total. The average molecular weight is 370 g/mol. The van der Waals surface area contributed by atoms with Crippen LogP contribution in [0.15, 0.2) is 46.9 Å². The molecule has 0 atom stereocenters. The van der Waals surface area contributed by atoms with Crippen molar-refractivity contribution in [2.45, 2.75) is 0 Å². The van der Waals surface area contributed by atoms with Gasteiger partial charge in [0.2, 0.25) is 0 Å². The maximum Gasteiger partial charge on any atom is 0.271 e. The fraction of sp³-hybridized carbons (Fsp3) is 0. The van der Waals surface area contributed by atoms with E-state index < -0.39 is 11.8 Å². The summed E-state index contributed by atoms with van der Waals surface area (Å²) >= 11 is 9.15. The monoisotopic (exact) mass is 368 g/mol. The van der Waals surface area contributed by atoms with Gasteiger partial charge in [-0.15, -0.1) is 0 Å². The van der Waals surface area contributed by atoms with Crippen LogP contribution in [0.1, 0.15) is 20.7 Å². The Morgan fingerprint density at radius 2 is 1.76 bits per heavy atom. The molecule has 0 unspecified atom stereocenters. The number of phenolic OH excluding ortho intramolecular Hbond substituents is 1. The van der Waals surface area contributed by atoms with Crippen molar-refractivity contribution in [1.82, 2.24) is 10.9 Å². The molecule has 0 fully saturated rings. The number of hydrogen-bond donors (Lipinski definition) is 3. The van der Waals surface area contributed by atoms with Gasteiger partial charge in [-0.25, -0.2) is 0 Å². The highest BCUT2D eigenvalue weighted by Gasteiger charge is 2.12. The average Bonchev–Trinajstić information content (AvgIpc) is 2.47. The van der Waals surface area contributed by atoms with Crippen LogP contribution in [0.2, 0.25) is 5.02 Å². The SMILES string of the molecule is O=C(NNC(=O)c1cc(Br)ccc1Cl)c1cccc(O)c1. The zero-order valence-electron chi connectivity index (χ0n) is 10.6. The summed E-state index contributed by atoms with van der Waals surface area (Å²) in [6, 6.07) is 10.6. The van der Waals surface area contributed by atoms with E-state index in [1.807, 2.05) is 0 Å². The highest BCUT2D eigenvalue weighted by molar-refractivity contribution is 9.10. The molecule has 2 amide bonds. The lowest BCUT2D eigenvalue weighted by molar-refractivity contribution is 0.0846. The van der Waals surface area contributed by atoms with Crippen molar-refractivity contribution in [3.8, 4) is 5.75 Å². The molecule has 21 heavy (non-hydrogen) atoms. The predicted molar refractivity (Wildman–Crippen MR) is 82.2 cm³/mol. The first-order valence-electron chi connectivity index (χ1n) is 5.82. The van der Waals surface area contributed by atoms with Crippen molar-refractivity contribution in [3.05, 3.63) is 63.1 Å². The summed E-state index contributed by atoms with van der Waals surface area (Å²) in [5, 5.41) is 9.56. The van der Waals surface area contributed by atoms with Gasteiger partial charge in [0.05, 0.1) is 10.6 Å². The molecule has 0 heterocycles. The Morgan fingerprint density at radius 3 is 2.48 bits per heavy atom. The highest BCUT2D eigenvalue weighted by Crippen LogP contribution is 2.20. The number of halogens is 2. The maximum atomic E-state index is 11.9. The fourth-order valence-electron chi connectivity index (χ4n) is 1.57. The van der Waals surface area contributed by atoms with E-state index in [1.54, 1.807) is 12.1 Å². The quantitative estimate of drug-likeness (QED) is 0.712. The molecular formula is C14H10BrClN2O3. The molecule has 0 saturated heterocycles. The number of carbonyl (C=O) groups excluding carboxylic acids is 2. The van der Waals surface area contributed by atoms with Gasteiger partial charge in [0.25, 0.3) is 11.8 Å². The van der Waals surface area contributed by atoms with E-state index in [0.717, 1.165) is 0 Å². The van der Waals surface area contributed by atoms with Gasteiger partial charge >= 0.3 is 0 Å². The molecule has 0 aliphatic heterocycles. The Balaban J connectivity index is 2.04. The lowest BCUT2D eigenvalue weighted by atomic mass is 10.2. The molecule has 0 bridgehead atoms. The van der Waals surface area contributed by atoms with Gasteiger partial charge in [0.15, 0.2) is 0 Å². The van der Waals surface area contributed by atoms with Gasteiger partial charge in [-0.05, 0) is 36.4 Å². The number of carbonyl (C=O) groups is 2. The Morgan fingerprint density at radius 1 is 1.05 bits per heavy atom. The lowest BCUT2D eigenvalue weighted by Crippen LogP contribution is -2.41. The van der Waals surface area contributed by atoms with Crippen LogP contribution in [0, 0.1) is 0 Å². The van der Waals surface area contributed by atoms with E-state index >= 15 is 0 Å². The number of aromatic hydroxyl groups is 1. The minimum Gasteiger partial charge on any atom is -0.508 e. The minimum atomic E-state index is -0.551. The van der Waals surface area contributed by atoms with Crippen molar-refractivity contribution in [2.75, 3.05) is 0 Å². The molecule has 0 aliphatic rings. The summed E-state index contributed by atoms with van der Waals surface area (Å²) in [4.78, 5) is 23.7. The van der Waals surface area contributed by atoms with Crippen molar-refractivity contribution < 1.29 is 14.7 Å². The zero-order chi connectivity index (χ0) is 15.4. The number of rotatable bonds is 2. The molecule has 0 spiro atoms. The van der Waals surface area contributed by atoms with Gasteiger partial charge in [-0.2, -0.15) is 0 Å². The van der Waals surface area contributed by atoms with Crippen LogP contribution in [0.3, 0.4) is 0 Å². The van der Waals surface area contributed by atoms with Gasteiger partial charge in [-0.1, -0.05) is 33.6 Å². The smallest absolute Gasteiger partial charge is 0.271 e. The number of benzene rings is 2. The standard InChI is InChI=1S/C14H10BrClN2O3/c15-9-4-5-12(16)11(7-9)14(21)18-17-13(20)8-2-1-3-10(19)6-8/h1-7,19H,(H,17,20)(H,18,21). The number of hydrazine groups is 1. The second kappa shape index (κ2) is 6.60.